The van der Waals surface area contributed by atoms with Crippen LogP contribution in [0.4, 0.5) is 17.1 Å². The van der Waals surface area contributed by atoms with Gasteiger partial charge in [0, 0.05) is 38.6 Å². The van der Waals surface area contributed by atoms with Crippen molar-refractivity contribution in [1.29, 1.82) is 0 Å². The maximum atomic E-state index is 13.1. The summed E-state index contributed by atoms with van der Waals surface area (Å²) in [6.07, 6.45) is 9.04. The molecule has 4 heterocycles. The van der Waals surface area contributed by atoms with E-state index < -0.39 is 0 Å². The molecule has 2 fully saturated rings. The van der Waals surface area contributed by atoms with Gasteiger partial charge in [0.2, 0.25) is 5.91 Å². The van der Waals surface area contributed by atoms with E-state index in [1.165, 1.54) is 25.7 Å². The van der Waals surface area contributed by atoms with E-state index in [1.54, 1.807) is 0 Å². The molecule has 1 amide bonds. The Morgan fingerprint density at radius 2 is 1.60 bits per heavy atom. The lowest BCUT2D eigenvalue weighted by atomic mass is 10.1. The Kier molecular flexibility index (Phi) is 5.07. The maximum Gasteiger partial charge on any atom is 0.230 e. The zero-order valence-corrected chi connectivity index (χ0v) is 17.6. The molecule has 156 valence electrons. The summed E-state index contributed by atoms with van der Waals surface area (Å²) in [5.41, 5.74) is 6.08. The van der Waals surface area contributed by atoms with Crippen molar-refractivity contribution in [2.24, 2.45) is 0 Å². The summed E-state index contributed by atoms with van der Waals surface area (Å²) in [6, 6.07) is 10.5. The van der Waals surface area contributed by atoms with Gasteiger partial charge < -0.3 is 19.5 Å². The van der Waals surface area contributed by atoms with Crippen LogP contribution < -0.4 is 15.1 Å². The Balaban J connectivity index is 1.43. The number of aromatic nitrogens is 2. The smallest absolute Gasteiger partial charge is 0.230 e. The molecule has 2 aliphatic heterocycles. The van der Waals surface area contributed by atoms with Gasteiger partial charge in [0.05, 0.1) is 29.2 Å². The van der Waals surface area contributed by atoms with Gasteiger partial charge in [-0.05, 0) is 56.4 Å². The lowest BCUT2D eigenvalue weighted by Crippen LogP contribution is -2.25. The molecule has 0 unspecified atom stereocenters. The molecule has 5 rings (SSSR count). The van der Waals surface area contributed by atoms with Crippen LogP contribution in [0.25, 0.3) is 5.65 Å². The van der Waals surface area contributed by atoms with E-state index in [1.807, 2.05) is 35.9 Å². The topological polar surface area (TPSA) is 52.9 Å². The Hall–Kier alpha value is -3.02. The molecular formula is C24H29N5O. The van der Waals surface area contributed by atoms with Crippen molar-refractivity contribution >= 4 is 28.6 Å². The lowest BCUT2D eigenvalue weighted by Gasteiger charge is -2.27. The summed E-state index contributed by atoms with van der Waals surface area (Å²) >= 11 is 0. The minimum atomic E-state index is -0.0110. The van der Waals surface area contributed by atoms with Crippen LogP contribution in [-0.4, -0.2) is 41.5 Å². The minimum Gasteiger partial charge on any atom is -0.370 e. The van der Waals surface area contributed by atoms with Crippen molar-refractivity contribution in [3.8, 4) is 0 Å². The van der Waals surface area contributed by atoms with Crippen molar-refractivity contribution in [2.75, 3.05) is 41.3 Å². The van der Waals surface area contributed by atoms with Gasteiger partial charge in [-0.25, -0.2) is 4.98 Å². The normalized spacial score (nSPS) is 16.6. The average molecular weight is 404 g/mol. The van der Waals surface area contributed by atoms with Crippen molar-refractivity contribution in [2.45, 2.75) is 39.0 Å². The molecule has 2 aromatic heterocycles. The van der Waals surface area contributed by atoms with E-state index >= 15 is 0 Å². The molecule has 1 aromatic carbocycles. The SMILES string of the molecule is Cc1cccn2cc(CC(=O)Nc3c(N4CCCC4)cccc3N3CCCC3)nc12. The molecule has 0 saturated carbocycles. The van der Waals surface area contributed by atoms with E-state index in [0.717, 1.165) is 60.1 Å². The van der Waals surface area contributed by atoms with E-state index in [4.69, 9.17) is 0 Å². The van der Waals surface area contributed by atoms with Crippen LogP contribution in [0.1, 0.15) is 36.9 Å². The van der Waals surface area contributed by atoms with Gasteiger partial charge in [-0.15, -0.1) is 0 Å². The van der Waals surface area contributed by atoms with Crippen LogP contribution in [-0.2, 0) is 11.2 Å². The number of aryl methyl sites for hydroxylation is 1. The number of carbonyl (C=O) groups is 1. The molecule has 6 heteroatoms. The van der Waals surface area contributed by atoms with Gasteiger partial charge in [0.25, 0.3) is 0 Å². The number of para-hydroxylation sites is 1. The highest BCUT2D eigenvalue weighted by Gasteiger charge is 2.23. The zero-order valence-electron chi connectivity index (χ0n) is 17.6. The number of nitrogens with one attached hydrogen (secondary N) is 1. The van der Waals surface area contributed by atoms with Crippen LogP contribution in [0.2, 0.25) is 0 Å². The van der Waals surface area contributed by atoms with Crippen LogP contribution >= 0.6 is 0 Å². The highest BCUT2D eigenvalue weighted by molar-refractivity contribution is 6.00. The Morgan fingerprint density at radius 1 is 0.967 bits per heavy atom. The Bertz CT molecular complexity index is 1030. The monoisotopic (exact) mass is 403 g/mol. The molecule has 0 bridgehead atoms. The number of pyridine rings is 1. The van der Waals surface area contributed by atoms with Crippen LogP contribution in [0.3, 0.4) is 0 Å². The summed E-state index contributed by atoms with van der Waals surface area (Å²) < 4.78 is 1.99. The van der Waals surface area contributed by atoms with Gasteiger partial charge in [-0.1, -0.05) is 12.1 Å². The average Bonchev–Trinajstić information content (AvgIpc) is 3.50. The zero-order chi connectivity index (χ0) is 20.5. The number of hydrogen-bond acceptors (Lipinski definition) is 4. The number of amides is 1. The predicted octanol–water partition coefficient (Wildman–Crippen LogP) is 4.02. The second kappa shape index (κ2) is 8.01. The number of hydrogen-bond donors (Lipinski definition) is 1. The van der Waals surface area contributed by atoms with Gasteiger partial charge in [0.1, 0.15) is 5.65 Å². The number of carbonyl (C=O) groups excluding carboxylic acids is 1. The summed E-state index contributed by atoms with van der Waals surface area (Å²) in [5.74, 6) is -0.0110. The third-order valence-electron chi connectivity index (χ3n) is 6.25. The fourth-order valence-corrected chi connectivity index (χ4v) is 4.74. The molecule has 2 aliphatic rings. The summed E-state index contributed by atoms with van der Waals surface area (Å²) in [7, 11) is 0. The largest absolute Gasteiger partial charge is 0.370 e. The molecule has 3 aromatic rings. The second-order valence-corrected chi connectivity index (χ2v) is 8.44. The molecule has 0 spiro atoms. The maximum absolute atomic E-state index is 13.1. The van der Waals surface area contributed by atoms with Crippen LogP contribution in [0.15, 0.2) is 42.7 Å². The molecule has 30 heavy (non-hydrogen) atoms. The fraction of sp³-hybridized carbons (Fsp3) is 0.417. The van der Waals surface area contributed by atoms with Crippen LogP contribution in [0, 0.1) is 6.92 Å². The highest BCUT2D eigenvalue weighted by atomic mass is 16.1. The molecule has 0 atom stereocenters. The van der Waals surface area contributed by atoms with E-state index in [9.17, 15) is 4.79 Å². The highest BCUT2D eigenvalue weighted by Crippen LogP contribution is 2.38. The fourth-order valence-electron chi connectivity index (χ4n) is 4.74. The minimum absolute atomic E-state index is 0.0110. The number of imidazole rings is 1. The van der Waals surface area contributed by atoms with Crippen molar-refractivity contribution < 1.29 is 4.79 Å². The molecule has 2 saturated heterocycles. The summed E-state index contributed by atoms with van der Waals surface area (Å²) in [6.45, 7) is 6.26. The van der Waals surface area contributed by atoms with Crippen molar-refractivity contribution in [1.82, 2.24) is 9.38 Å². The van der Waals surface area contributed by atoms with Crippen LogP contribution in [0.5, 0.6) is 0 Å². The second-order valence-electron chi connectivity index (χ2n) is 8.44. The number of rotatable bonds is 5. The number of nitrogens with zero attached hydrogens (tertiary/aromatic N) is 4. The van der Waals surface area contributed by atoms with E-state index in [0.29, 0.717) is 0 Å². The number of benzene rings is 1. The quantitative estimate of drug-likeness (QED) is 0.699. The third-order valence-corrected chi connectivity index (χ3v) is 6.25. The van der Waals surface area contributed by atoms with E-state index in [2.05, 4.69) is 38.3 Å². The number of fused-ring (bicyclic) bond motifs is 1. The van der Waals surface area contributed by atoms with Crippen molar-refractivity contribution in [3.63, 3.8) is 0 Å². The molecule has 0 radical (unpaired) electrons. The first-order valence-corrected chi connectivity index (χ1v) is 11.0. The lowest BCUT2D eigenvalue weighted by molar-refractivity contribution is -0.115. The van der Waals surface area contributed by atoms with Gasteiger partial charge >= 0.3 is 0 Å². The Morgan fingerprint density at radius 3 is 2.20 bits per heavy atom. The number of anilines is 3. The first-order valence-electron chi connectivity index (χ1n) is 11.0. The summed E-state index contributed by atoms with van der Waals surface area (Å²) in [4.78, 5) is 22.6. The van der Waals surface area contributed by atoms with Gasteiger partial charge in [-0.3, -0.25) is 4.79 Å². The van der Waals surface area contributed by atoms with Crippen molar-refractivity contribution in [3.05, 3.63) is 54.0 Å². The van der Waals surface area contributed by atoms with Gasteiger partial charge in [-0.2, -0.15) is 0 Å². The molecular weight excluding hydrogens is 374 g/mol. The Labute approximate surface area is 177 Å². The molecule has 0 aliphatic carbocycles. The third kappa shape index (κ3) is 3.62. The van der Waals surface area contributed by atoms with E-state index in [-0.39, 0.29) is 12.3 Å². The molecule has 6 nitrogen and oxygen atoms in total. The molecule has 1 N–H and O–H groups in total. The first-order chi connectivity index (χ1) is 14.7. The standard InChI is InChI=1S/C24H29N5O/c1-18-8-7-15-29-17-19(25-24(18)29)16-22(30)26-23-20(27-11-2-3-12-27)9-6-10-21(23)28-13-4-5-14-28/h6-10,15,17H,2-5,11-14,16H2,1H3,(H,26,30). The van der Waals surface area contributed by atoms with Gasteiger partial charge in [0.15, 0.2) is 0 Å². The summed E-state index contributed by atoms with van der Waals surface area (Å²) in [5, 5.41) is 3.27. The predicted molar refractivity (Wildman–Crippen MR) is 122 cm³/mol. The first kappa shape index (κ1) is 19.0.